The summed E-state index contributed by atoms with van der Waals surface area (Å²) < 4.78 is 5.12. The van der Waals surface area contributed by atoms with Gasteiger partial charge < -0.3 is 15.0 Å². The molecular weight excluding hydrogens is 326 g/mol. The molecule has 1 N–H and O–H groups in total. The molecule has 0 aromatic heterocycles. The summed E-state index contributed by atoms with van der Waals surface area (Å²) in [6.07, 6.45) is 11.7. The Morgan fingerprint density at radius 2 is 1.81 bits per heavy atom. The Bertz CT molecular complexity index is 377. The number of nitrogens with one attached hydrogen (secondary N) is 1. The lowest BCUT2D eigenvalue weighted by Crippen LogP contribution is -2.42. The normalized spacial score (nSPS) is 20.6. The molecule has 1 heterocycles. The third kappa shape index (κ3) is 8.83. The van der Waals surface area contributed by atoms with E-state index in [2.05, 4.69) is 22.2 Å². The van der Waals surface area contributed by atoms with Gasteiger partial charge in [-0.1, -0.05) is 19.3 Å². The highest BCUT2D eigenvalue weighted by atomic mass is 16.5. The van der Waals surface area contributed by atoms with Crippen LogP contribution in [0.5, 0.6) is 0 Å². The SMILES string of the molecule is COCCN(C)CCCC1CCN(CC(=O)NCC2CCCCC2)CC1. The number of amides is 1. The van der Waals surface area contributed by atoms with Crippen LogP contribution < -0.4 is 5.32 Å². The number of hydrogen-bond acceptors (Lipinski definition) is 4. The van der Waals surface area contributed by atoms with Crippen molar-refractivity contribution in [3.05, 3.63) is 0 Å². The molecule has 0 spiro atoms. The van der Waals surface area contributed by atoms with Crippen LogP contribution in [0.25, 0.3) is 0 Å². The molecule has 26 heavy (non-hydrogen) atoms. The summed E-state index contributed by atoms with van der Waals surface area (Å²) in [6, 6.07) is 0. The molecule has 152 valence electrons. The molecule has 2 aliphatic rings. The maximum absolute atomic E-state index is 12.2. The van der Waals surface area contributed by atoms with Crippen molar-refractivity contribution in [1.29, 1.82) is 0 Å². The minimum absolute atomic E-state index is 0.230. The molecular formula is C21H41N3O2. The van der Waals surface area contributed by atoms with E-state index in [1.54, 1.807) is 7.11 Å². The van der Waals surface area contributed by atoms with Crippen molar-refractivity contribution >= 4 is 5.91 Å². The monoisotopic (exact) mass is 367 g/mol. The fourth-order valence-electron chi connectivity index (χ4n) is 4.35. The van der Waals surface area contributed by atoms with E-state index in [4.69, 9.17) is 4.74 Å². The second-order valence-corrected chi connectivity index (χ2v) is 8.47. The number of rotatable bonds is 11. The fraction of sp³-hybridized carbons (Fsp3) is 0.952. The van der Waals surface area contributed by atoms with Crippen molar-refractivity contribution in [3.63, 3.8) is 0 Å². The molecule has 1 saturated heterocycles. The summed E-state index contributed by atoms with van der Waals surface area (Å²) >= 11 is 0. The van der Waals surface area contributed by atoms with Crippen LogP contribution in [0.2, 0.25) is 0 Å². The van der Waals surface area contributed by atoms with Gasteiger partial charge in [0.2, 0.25) is 5.91 Å². The van der Waals surface area contributed by atoms with Crippen LogP contribution in [0.4, 0.5) is 0 Å². The summed E-state index contributed by atoms with van der Waals surface area (Å²) in [5.41, 5.74) is 0. The van der Waals surface area contributed by atoms with E-state index < -0.39 is 0 Å². The maximum Gasteiger partial charge on any atom is 0.234 e. The zero-order valence-electron chi connectivity index (χ0n) is 17.2. The molecule has 0 radical (unpaired) electrons. The van der Waals surface area contributed by atoms with Gasteiger partial charge in [0.25, 0.3) is 0 Å². The number of piperidine rings is 1. The van der Waals surface area contributed by atoms with Crippen LogP contribution >= 0.6 is 0 Å². The molecule has 0 atom stereocenters. The third-order valence-corrected chi connectivity index (χ3v) is 6.22. The zero-order chi connectivity index (χ0) is 18.6. The van der Waals surface area contributed by atoms with Crippen LogP contribution in [-0.4, -0.2) is 75.7 Å². The predicted octanol–water partition coefficient (Wildman–Crippen LogP) is 2.75. The van der Waals surface area contributed by atoms with Gasteiger partial charge >= 0.3 is 0 Å². The summed E-state index contributed by atoms with van der Waals surface area (Å²) in [7, 11) is 3.94. The van der Waals surface area contributed by atoms with Crippen LogP contribution in [0, 0.1) is 11.8 Å². The molecule has 2 rings (SSSR count). The molecule has 2 fully saturated rings. The average molecular weight is 368 g/mol. The van der Waals surface area contributed by atoms with Gasteiger partial charge in [-0.25, -0.2) is 0 Å². The number of nitrogens with zero attached hydrogens (tertiary/aromatic N) is 2. The molecule has 1 amide bonds. The van der Waals surface area contributed by atoms with Crippen molar-refractivity contribution in [2.45, 2.75) is 57.8 Å². The first kappa shape index (κ1) is 21.6. The van der Waals surface area contributed by atoms with Gasteiger partial charge in [-0.3, -0.25) is 9.69 Å². The summed E-state index contributed by atoms with van der Waals surface area (Å²) in [6.45, 7) is 6.66. The van der Waals surface area contributed by atoms with Gasteiger partial charge in [0.1, 0.15) is 0 Å². The van der Waals surface area contributed by atoms with E-state index in [0.717, 1.165) is 51.2 Å². The lowest BCUT2D eigenvalue weighted by molar-refractivity contribution is -0.122. The molecule has 0 unspecified atom stereocenters. The molecule has 0 aromatic carbocycles. The van der Waals surface area contributed by atoms with Crippen molar-refractivity contribution in [2.24, 2.45) is 11.8 Å². The number of ether oxygens (including phenoxy) is 1. The highest BCUT2D eigenvalue weighted by Gasteiger charge is 2.21. The Labute approximate surface area is 160 Å². The van der Waals surface area contributed by atoms with Crippen molar-refractivity contribution in [2.75, 3.05) is 60.0 Å². The number of carbonyl (C=O) groups is 1. The molecule has 0 bridgehead atoms. The van der Waals surface area contributed by atoms with Crippen LogP contribution in [0.1, 0.15) is 57.8 Å². The van der Waals surface area contributed by atoms with Crippen LogP contribution in [0.3, 0.4) is 0 Å². The number of carbonyl (C=O) groups excluding carboxylic acids is 1. The largest absolute Gasteiger partial charge is 0.383 e. The van der Waals surface area contributed by atoms with Crippen molar-refractivity contribution in [1.82, 2.24) is 15.1 Å². The summed E-state index contributed by atoms with van der Waals surface area (Å²) in [5, 5.41) is 3.18. The van der Waals surface area contributed by atoms with E-state index in [1.807, 2.05) is 0 Å². The van der Waals surface area contributed by atoms with Gasteiger partial charge in [0.05, 0.1) is 13.2 Å². The lowest BCUT2D eigenvalue weighted by Gasteiger charge is -2.32. The average Bonchev–Trinajstić information content (AvgIpc) is 2.67. The van der Waals surface area contributed by atoms with Crippen molar-refractivity contribution in [3.8, 4) is 0 Å². The maximum atomic E-state index is 12.2. The Morgan fingerprint density at radius 3 is 2.50 bits per heavy atom. The molecule has 1 saturated carbocycles. The Hall–Kier alpha value is -0.650. The van der Waals surface area contributed by atoms with E-state index >= 15 is 0 Å². The topological polar surface area (TPSA) is 44.8 Å². The van der Waals surface area contributed by atoms with E-state index in [0.29, 0.717) is 6.54 Å². The summed E-state index contributed by atoms with van der Waals surface area (Å²) in [5.74, 6) is 1.79. The second-order valence-electron chi connectivity index (χ2n) is 8.47. The number of methoxy groups -OCH3 is 1. The van der Waals surface area contributed by atoms with Gasteiger partial charge in [-0.05, 0) is 77.0 Å². The Balaban J connectivity index is 1.50. The summed E-state index contributed by atoms with van der Waals surface area (Å²) in [4.78, 5) is 16.9. The van der Waals surface area contributed by atoms with Gasteiger partial charge in [0.15, 0.2) is 0 Å². The number of likely N-dealkylation sites (tertiary alicyclic amines) is 1. The molecule has 1 aliphatic carbocycles. The highest BCUT2D eigenvalue weighted by Crippen LogP contribution is 2.23. The quantitative estimate of drug-likeness (QED) is 0.610. The van der Waals surface area contributed by atoms with Gasteiger partial charge in [0, 0.05) is 20.2 Å². The predicted molar refractivity (Wildman–Crippen MR) is 107 cm³/mol. The molecule has 1 aliphatic heterocycles. The van der Waals surface area contributed by atoms with Gasteiger partial charge in [-0.2, -0.15) is 0 Å². The standard InChI is InChI=1S/C21H41N3O2/c1-23(15-16-26-2)12-6-9-19-10-13-24(14-11-19)18-21(25)22-17-20-7-4-3-5-8-20/h19-20H,3-18H2,1-2H3,(H,22,25). The van der Waals surface area contributed by atoms with E-state index in [9.17, 15) is 4.79 Å². The van der Waals surface area contributed by atoms with E-state index in [-0.39, 0.29) is 5.91 Å². The van der Waals surface area contributed by atoms with Crippen LogP contribution in [-0.2, 0) is 9.53 Å². The number of hydrogen-bond donors (Lipinski definition) is 1. The van der Waals surface area contributed by atoms with Crippen LogP contribution in [0.15, 0.2) is 0 Å². The minimum Gasteiger partial charge on any atom is -0.383 e. The Morgan fingerprint density at radius 1 is 1.08 bits per heavy atom. The molecule has 5 heteroatoms. The second kappa shape index (κ2) is 12.7. The first-order valence-electron chi connectivity index (χ1n) is 10.8. The third-order valence-electron chi connectivity index (χ3n) is 6.22. The van der Waals surface area contributed by atoms with Crippen molar-refractivity contribution < 1.29 is 9.53 Å². The Kier molecular flexibility index (Phi) is 10.6. The van der Waals surface area contributed by atoms with Gasteiger partial charge in [-0.15, -0.1) is 0 Å². The fourth-order valence-corrected chi connectivity index (χ4v) is 4.35. The first-order chi connectivity index (χ1) is 12.7. The molecule has 0 aromatic rings. The highest BCUT2D eigenvalue weighted by molar-refractivity contribution is 5.78. The smallest absolute Gasteiger partial charge is 0.234 e. The molecule has 5 nitrogen and oxygen atoms in total. The zero-order valence-corrected chi connectivity index (χ0v) is 17.2. The first-order valence-corrected chi connectivity index (χ1v) is 10.8. The number of likely N-dealkylation sites (N-methyl/N-ethyl adjacent to an activating group) is 1. The lowest BCUT2D eigenvalue weighted by atomic mass is 9.89. The minimum atomic E-state index is 0.230. The van der Waals surface area contributed by atoms with E-state index in [1.165, 1.54) is 57.8 Å².